The first-order valence-electron chi connectivity index (χ1n) is 11.2. The number of benzene rings is 1. The molecular formula is C24H32ClN5O. The van der Waals surface area contributed by atoms with E-state index in [0.717, 1.165) is 55.7 Å². The van der Waals surface area contributed by atoms with Gasteiger partial charge in [-0.15, -0.1) is 0 Å². The van der Waals surface area contributed by atoms with Gasteiger partial charge in [0, 0.05) is 41.2 Å². The average molecular weight is 442 g/mol. The molecule has 1 N–H and O–H groups in total. The lowest BCUT2D eigenvalue weighted by Crippen LogP contribution is -2.29. The fourth-order valence-corrected chi connectivity index (χ4v) is 4.17. The number of hydrogen-bond acceptors (Lipinski definition) is 5. The lowest BCUT2D eigenvalue weighted by molar-refractivity contribution is 0.316. The van der Waals surface area contributed by atoms with Gasteiger partial charge in [0.15, 0.2) is 0 Å². The number of nitrogens with one attached hydrogen (secondary N) is 1. The Morgan fingerprint density at radius 1 is 1.03 bits per heavy atom. The first kappa shape index (κ1) is 23.2. The van der Waals surface area contributed by atoms with Crippen LogP contribution in [0.25, 0.3) is 22.3 Å². The molecule has 1 aromatic carbocycles. The van der Waals surface area contributed by atoms with Crippen molar-refractivity contribution < 1.29 is 0 Å². The number of aromatic nitrogens is 3. The maximum absolute atomic E-state index is 12.8. The van der Waals surface area contributed by atoms with Gasteiger partial charge in [-0.2, -0.15) is 4.98 Å². The second-order valence-electron chi connectivity index (χ2n) is 7.58. The second-order valence-corrected chi connectivity index (χ2v) is 7.99. The first-order valence-corrected chi connectivity index (χ1v) is 11.6. The number of hydrogen-bond donors (Lipinski definition) is 1. The smallest absolute Gasteiger partial charge is 0.252 e. The molecule has 0 unspecified atom stereocenters. The molecule has 0 aliphatic heterocycles. The van der Waals surface area contributed by atoms with Crippen LogP contribution in [0, 0.1) is 0 Å². The van der Waals surface area contributed by atoms with Crippen LogP contribution in [0.3, 0.4) is 0 Å². The summed E-state index contributed by atoms with van der Waals surface area (Å²) in [7, 11) is 0. The van der Waals surface area contributed by atoms with E-state index in [2.05, 4.69) is 37.9 Å². The summed E-state index contributed by atoms with van der Waals surface area (Å²) in [6.45, 7) is 12.1. The van der Waals surface area contributed by atoms with E-state index in [4.69, 9.17) is 21.6 Å². The summed E-state index contributed by atoms with van der Waals surface area (Å²) >= 11 is 6.53. The number of nitrogens with zero attached hydrogens (tertiary/aromatic N) is 4. The molecule has 3 aromatic rings. The SMILES string of the molecule is CCC(CC)n1c(=O)ccc2c(-c3ccccc3Cl)nc(NCCN(CC)CC)nc21. The Morgan fingerprint density at radius 3 is 2.39 bits per heavy atom. The van der Waals surface area contributed by atoms with Crippen molar-refractivity contribution in [1.29, 1.82) is 0 Å². The minimum absolute atomic E-state index is 0.0425. The number of fused-ring (bicyclic) bond motifs is 1. The molecule has 2 heterocycles. The summed E-state index contributed by atoms with van der Waals surface area (Å²) in [6, 6.07) is 11.2. The minimum Gasteiger partial charge on any atom is -0.353 e. The summed E-state index contributed by atoms with van der Waals surface area (Å²) in [4.78, 5) is 24.8. The molecule has 166 valence electrons. The highest BCUT2D eigenvalue weighted by Crippen LogP contribution is 2.32. The molecule has 3 rings (SSSR count). The fourth-order valence-electron chi connectivity index (χ4n) is 3.94. The molecule has 0 bridgehead atoms. The zero-order valence-electron chi connectivity index (χ0n) is 18.9. The Morgan fingerprint density at radius 2 is 1.74 bits per heavy atom. The molecule has 7 heteroatoms. The molecule has 0 atom stereocenters. The third kappa shape index (κ3) is 5.08. The lowest BCUT2D eigenvalue weighted by atomic mass is 10.1. The van der Waals surface area contributed by atoms with E-state index in [-0.39, 0.29) is 11.6 Å². The zero-order valence-corrected chi connectivity index (χ0v) is 19.6. The predicted octanol–water partition coefficient (Wildman–Crippen LogP) is 5.23. The maximum atomic E-state index is 12.8. The highest BCUT2D eigenvalue weighted by molar-refractivity contribution is 6.33. The van der Waals surface area contributed by atoms with Crippen molar-refractivity contribution in [2.45, 2.75) is 46.6 Å². The van der Waals surface area contributed by atoms with Gasteiger partial charge in [0.25, 0.3) is 5.56 Å². The van der Waals surface area contributed by atoms with Crippen LogP contribution in [0.5, 0.6) is 0 Å². The zero-order chi connectivity index (χ0) is 22.4. The molecule has 0 radical (unpaired) electrons. The number of pyridine rings is 1. The highest BCUT2D eigenvalue weighted by Gasteiger charge is 2.19. The standard InChI is InChI=1S/C24H32ClN5O/c1-5-17(6-2)30-21(31)14-13-19-22(18-11-9-10-12-20(18)25)27-24(28-23(19)30)26-15-16-29(7-3)8-4/h9-14,17H,5-8,15-16H2,1-4H3,(H,26,27,28). The van der Waals surface area contributed by atoms with Gasteiger partial charge in [-0.05, 0) is 38.1 Å². The van der Waals surface area contributed by atoms with Crippen LogP contribution >= 0.6 is 11.6 Å². The summed E-state index contributed by atoms with van der Waals surface area (Å²) in [5.41, 5.74) is 2.18. The number of anilines is 1. The molecule has 0 amide bonds. The molecule has 0 aliphatic carbocycles. The summed E-state index contributed by atoms with van der Waals surface area (Å²) in [5, 5.41) is 4.81. The first-order chi connectivity index (χ1) is 15.0. The highest BCUT2D eigenvalue weighted by atomic mass is 35.5. The van der Waals surface area contributed by atoms with Crippen molar-refractivity contribution in [3.8, 4) is 11.3 Å². The van der Waals surface area contributed by atoms with Crippen molar-refractivity contribution in [2.75, 3.05) is 31.5 Å². The lowest BCUT2D eigenvalue weighted by Gasteiger charge is -2.21. The van der Waals surface area contributed by atoms with Gasteiger partial charge in [-0.3, -0.25) is 9.36 Å². The Hall–Kier alpha value is -2.44. The Kier molecular flexibility index (Phi) is 8.04. The van der Waals surface area contributed by atoms with Crippen molar-refractivity contribution >= 4 is 28.6 Å². The maximum Gasteiger partial charge on any atom is 0.252 e. The topological polar surface area (TPSA) is 63.1 Å². The van der Waals surface area contributed by atoms with Gasteiger partial charge in [0.05, 0.1) is 5.69 Å². The van der Waals surface area contributed by atoms with Crippen LogP contribution < -0.4 is 10.9 Å². The summed E-state index contributed by atoms with van der Waals surface area (Å²) in [6.07, 6.45) is 1.71. The van der Waals surface area contributed by atoms with Crippen molar-refractivity contribution in [3.63, 3.8) is 0 Å². The van der Waals surface area contributed by atoms with Gasteiger partial charge < -0.3 is 10.2 Å². The van der Waals surface area contributed by atoms with Crippen LogP contribution in [0.2, 0.25) is 5.02 Å². The number of halogens is 1. The molecule has 0 spiro atoms. The summed E-state index contributed by atoms with van der Waals surface area (Å²) in [5.74, 6) is 0.514. The van der Waals surface area contributed by atoms with E-state index in [1.165, 1.54) is 0 Å². The van der Waals surface area contributed by atoms with Crippen molar-refractivity contribution in [1.82, 2.24) is 19.4 Å². The van der Waals surface area contributed by atoms with Crippen LogP contribution in [0.4, 0.5) is 5.95 Å². The van der Waals surface area contributed by atoms with Crippen molar-refractivity contribution in [2.24, 2.45) is 0 Å². The van der Waals surface area contributed by atoms with Gasteiger partial charge in [0.1, 0.15) is 5.65 Å². The van der Waals surface area contributed by atoms with Gasteiger partial charge >= 0.3 is 0 Å². The Labute approximate surface area is 189 Å². The van der Waals surface area contributed by atoms with E-state index in [9.17, 15) is 4.79 Å². The Balaban J connectivity index is 2.17. The Bertz CT molecular complexity index is 1070. The molecule has 0 aliphatic rings. The molecule has 6 nitrogen and oxygen atoms in total. The van der Waals surface area contributed by atoms with Gasteiger partial charge in [0.2, 0.25) is 5.95 Å². The molecule has 0 saturated carbocycles. The molecule has 0 fully saturated rings. The van der Waals surface area contributed by atoms with Crippen LogP contribution in [-0.2, 0) is 0 Å². The normalized spacial score (nSPS) is 11.6. The van der Waals surface area contributed by atoms with E-state index in [0.29, 0.717) is 16.6 Å². The third-order valence-corrected chi connectivity index (χ3v) is 6.16. The van der Waals surface area contributed by atoms with E-state index >= 15 is 0 Å². The van der Waals surface area contributed by atoms with Crippen LogP contribution in [0.15, 0.2) is 41.2 Å². The number of likely N-dealkylation sites (N-methyl/N-ethyl adjacent to an activating group) is 1. The average Bonchev–Trinajstić information content (AvgIpc) is 2.78. The van der Waals surface area contributed by atoms with Gasteiger partial charge in [-0.25, -0.2) is 4.98 Å². The molecular weight excluding hydrogens is 410 g/mol. The monoisotopic (exact) mass is 441 g/mol. The molecule has 0 saturated heterocycles. The fraction of sp³-hybridized carbons (Fsp3) is 0.458. The van der Waals surface area contributed by atoms with Crippen LogP contribution in [-0.4, -0.2) is 45.6 Å². The van der Waals surface area contributed by atoms with Crippen LogP contribution in [0.1, 0.15) is 46.6 Å². The second kappa shape index (κ2) is 10.7. The van der Waals surface area contributed by atoms with E-state index in [1.54, 1.807) is 6.07 Å². The van der Waals surface area contributed by atoms with Crippen molar-refractivity contribution in [3.05, 3.63) is 51.8 Å². The third-order valence-electron chi connectivity index (χ3n) is 5.83. The minimum atomic E-state index is -0.0425. The molecule has 2 aromatic heterocycles. The van der Waals surface area contributed by atoms with Gasteiger partial charge in [-0.1, -0.05) is 57.5 Å². The molecule has 31 heavy (non-hydrogen) atoms. The summed E-state index contributed by atoms with van der Waals surface area (Å²) < 4.78 is 1.81. The van der Waals surface area contributed by atoms with E-state index in [1.807, 2.05) is 34.9 Å². The number of rotatable bonds is 10. The van der Waals surface area contributed by atoms with E-state index < -0.39 is 0 Å². The largest absolute Gasteiger partial charge is 0.353 e. The quantitative estimate of drug-likeness (QED) is 0.467. The predicted molar refractivity (Wildman–Crippen MR) is 130 cm³/mol.